The molecule has 0 atom stereocenters. The van der Waals surface area contributed by atoms with Crippen LogP contribution in [0.3, 0.4) is 0 Å². The number of nitrogens with two attached hydrogens (primary N) is 1. The minimum atomic E-state index is -0.154. The van der Waals surface area contributed by atoms with E-state index in [2.05, 4.69) is 10.1 Å². The van der Waals surface area contributed by atoms with Gasteiger partial charge in [0.05, 0.1) is 25.0 Å². The molecule has 0 fully saturated rings. The molecule has 0 saturated carbocycles. The molecule has 0 aliphatic rings. The second-order valence-corrected chi connectivity index (χ2v) is 5.44. The Morgan fingerprint density at radius 1 is 1.50 bits per heavy atom. The number of rotatable bonds is 6. The first kappa shape index (κ1) is 14.5. The Labute approximate surface area is 120 Å². The first-order valence-electron chi connectivity index (χ1n) is 6.07. The third-order valence-corrected chi connectivity index (χ3v) is 3.62. The van der Waals surface area contributed by atoms with Gasteiger partial charge in [0.25, 0.3) is 5.56 Å². The molecular formula is C12H17N5O2S. The SMILES string of the molecule is COCCN(C)c1cnn(Cc2cnc(N)s2)c(=O)c1. The predicted octanol–water partition coefficient (Wildman–Crippen LogP) is 0.413. The number of nitrogen functional groups attached to an aromatic ring is 1. The maximum absolute atomic E-state index is 12.0. The van der Waals surface area contributed by atoms with Gasteiger partial charge >= 0.3 is 0 Å². The lowest BCUT2D eigenvalue weighted by atomic mass is 10.4. The molecule has 0 aliphatic carbocycles. The third-order valence-electron chi connectivity index (χ3n) is 2.80. The van der Waals surface area contributed by atoms with Crippen molar-refractivity contribution in [3.05, 3.63) is 33.7 Å². The van der Waals surface area contributed by atoms with E-state index < -0.39 is 0 Å². The van der Waals surface area contributed by atoms with Gasteiger partial charge in [-0.1, -0.05) is 0 Å². The van der Waals surface area contributed by atoms with Crippen LogP contribution in [-0.2, 0) is 11.3 Å². The number of likely N-dealkylation sites (N-methyl/N-ethyl adjacent to an activating group) is 1. The highest BCUT2D eigenvalue weighted by Gasteiger charge is 2.06. The lowest BCUT2D eigenvalue weighted by Crippen LogP contribution is -2.27. The number of nitrogens with zero attached hydrogens (tertiary/aromatic N) is 4. The van der Waals surface area contributed by atoms with Gasteiger partial charge in [-0.15, -0.1) is 11.3 Å². The number of thiazole rings is 1. The molecule has 8 heteroatoms. The number of hydrogen-bond donors (Lipinski definition) is 1. The number of methoxy groups -OCH3 is 1. The standard InChI is InChI=1S/C12H17N5O2S/c1-16(3-4-19-2)9-5-11(18)17(15-6-9)8-10-7-14-12(13)20-10/h5-7H,3-4,8H2,1-2H3,(H2,13,14). The van der Waals surface area contributed by atoms with E-state index in [-0.39, 0.29) is 5.56 Å². The normalized spacial score (nSPS) is 10.7. The second-order valence-electron chi connectivity index (χ2n) is 4.29. The van der Waals surface area contributed by atoms with E-state index >= 15 is 0 Å². The van der Waals surface area contributed by atoms with Crippen molar-refractivity contribution in [3.63, 3.8) is 0 Å². The summed E-state index contributed by atoms with van der Waals surface area (Å²) in [5.41, 5.74) is 6.18. The highest BCUT2D eigenvalue weighted by Crippen LogP contribution is 2.15. The van der Waals surface area contributed by atoms with E-state index in [0.29, 0.717) is 24.8 Å². The Hall–Kier alpha value is -1.93. The smallest absolute Gasteiger partial charge is 0.269 e. The van der Waals surface area contributed by atoms with Gasteiger partial charge in [0.1, 0.15) is 0 Å². The van der Waals surface area contributed by atoms with Crippen molar-refractivity contribution in [3.8, 4) is 0 Å². The zero-order valence-electron chi connectivity index (χ0n) is 11.4. The largest absolute Gasteiger partial charge is 0.383 e. The van der Waals surface area contributed by atoms with Gasteiger partial charge in [-0.05, 0) is 0 Å². The van der Waals surface area contributed by atoms with Gasteiger partial charge in [0.15, 0.2) is 5.13 Å². The van der Waals surface area contributed by atoms with Gasteiger partial charge in [-0.2, -0.15) is 5.10 Å². The summed E-state index contributed by atoms with van der Waals surface area (Å²) in [4.78, 5) is 18.8. The van der Waals surface area contributed by atoms with Crippen LogP contribution in [0.1, 0.15) is 4.88 Å². The van der Waals surface area contributed by atoms with E-state index in [1.807, 2.05) is 11.9 Å². The van der Waals surface area contributed by atoms with E-state index in [1.165, 1.54) is 16.0 Å². The van der Waals surface area contributed by atoms with Gasteiger partial charge in [0.2, 0.25) is 0 Å². The number of aromatic nitrogens is 3. The van der Waals surface area contributed by atoms with Crippen LogP contribution in [0, 0.1) is 0 Å². The fourth-order valence-corrected chi connectivity index (χ4v) is 2.32. The molecule has 2 rings (SSSR count). The van der Waals surface area contributed by atoms with E-state index in [0.717, 1.165) is 10.6 Å². The molecule has 0 radical (unpaired) electrons. The fourth-order valence-electron chi connectivity index (χ4n) is 1.65. The summed E-state index contributed by atoms with van der Waals surface area (Å²) in [5, 5.41) is 4.66. The van der Waals surface area contributed by atoms with Crippen LogP contribution < -0.4 is 16.2 Å². The molecule has 0 spiro atoms. The summed E-state index contributed by atoms with van der Waals surface area (Å²) >= 11 is 1.35. The molecular weight excluding hydrogens is 278 g/mol. The molecule has 0 saturated heterocycles. The Balaban J connectivity index is 2.11. The zero-order valence-corrected chi connectivity index (χ0v) is 12.3. The van der Waals surface area contributed by atoms with Crippen molar-refractivity contribution in [2.75, 3.05) is 37.9 Å². The molecule has 2 aromatic heterocycles. The van der Waals surface area contributed by atoms with Gasteiger partial charge in [0, 0.05) is 37.8 Å². The Kier molecular flexibility index (Phi) is 4.70. The second kappa shape index (κ2) is 6.49. The van der Waals surface area contributed by atoms with Crippen molar-refractivity contribution in [1.82, 2.24) is 14.8 Å². The Morgan fingerprint density at radius 3 is 2.90 bits per heavy atom. The number of ether oxygens (including phenoxy) is 1. The zero-order chi connectivity index (χ0) is 14.5. The Morgan fingerprint density at radius 2 is 2.30 bits per heavy atom. The average molecular weight is 295 g/mol. The molecule has 2 aromatic rings. The lowest BCUT2D eigenvalue weighted by molar-refractivity contribution is 0.206. The molecule has 0 unspecified atom stereocenters. The van der Waals surface area contributed by atoms with Crippen LogP contribution in [0.2, 0.25) is 0 Å². The average Bonchev–Trinajstić information content (AvgIpc) is 2.83. The molecule has 0 bridgehead atoms. The number of anilines is 2. The monoisotopic (exact) mass is 295 g/mol. The number of hydrogen-bond acceptors (Lipinski definition) is 7. The summed E-state index contributed by atoms with van der Waals surface area (Å²) in [7, 11) is 3.54. The van der Waals surface area contributed by atoms with Crippen LogP contribution in [0.15, 0.2) is 23.3 Å². The summed E-state index contributed by atoms with van der Waals surface area (Å²) in [5.74, 6) is 0. The minimum absolute atomic E-state index is 0.154. The summed E-state index contributed by atoms with van der Waals surface area (Å²) in [6.45, 7) is 1.68. The van der Waals surface area contributed by atoms with Crippen molar-refractivity contribution in [1.29, 1.82) is 0 Å². The van der Waals surface area contributed by atoms with E-state index in [9.17, 15) is 4.79 Å². The molecule has 0 aliphatic heterocycles. The van der Waals surface area contributed by atoms with Crippen molar-refractivity contribution < 1.29 is 4.74 Å². The van der Waals surface area contributed by atoms with Crippen LogP contribution in [0.5, 0.6) is 0 Å². The lowest BCUT2D eigenvalue weighted by Gasteiger charge is -2.18. The van der Waals surface area contributed by atoms with Gasteiger partial charge in [-0.25, -0.2) is 9.67 Å². The van der Waals surface area contributed by atoms with E-state index in [1.54, 1.807) is 25.6 Å². The molecule has 2 N–H and O–H groups in total. The fraction of sp³-hybridized carbons (Fsp3) is 0.417. The third kappa shape index (κ3) is 3.55. The van der Waals surface area contributed by atoms with Crippen molar-refractivity contribution in [2.45, 2.75) is 6.54 Å². The first-order valence-corrected chi connectivity index (χ1v) is 6.89. The van der Waals surface area contributed by atoms with Crippen LogP contribution in [0.25, 0.3) is 0 Å². The highest BCUT2D eigenvalue weighted by molar-refractivity contribution is 7.15. The van der Waals surface area contributed by atoms with Crippen molar-refractivity contribution in [2.24, 2.45) is 0 Å². The van der Waals surface area contributed by atoms with Crippen LogP contribution in [-0.4, -0.2) is 42.1 Å². The maximum atomic E-state index is 12.0. The molecule has 108 valence electrons. The summed E-state index contributed by atoms with van der Waals surface area (Å²) in [6, 6.07) is 1.56. The van der Waals surface area contributed by atoms with Crippen LogP contribution >= 0.6 is 11.3 Å². The summed E-state index contributed by atoms with van der Waals surface area (Å²) in [6.07, 6.45) is 3.33. The minimum Gasteiger partial charge on any atom is -0.383 e. The molecule has 0 aromatic carbocycles. The molecule has 7 nitrogen and oxygen atoms in total. The van der Waals surface area contributed by atoms with Gasteiger partial charge in [-0.3, -0.25) is 4.79 Å². The predicted molar refractivity (Wildman–Crippen MR) is 79.3 cm³/mol. The quantitative estimate of drug-likeness (QED) is 0.831. The van der Waals surface area contributed by atoms with E-state index in [4.69, 9.17) is 10.5 Å². The first-order chi connectivity index (χ1) is 9.60. The van der Waals surface area contributed by atoms with Crippen molar-refractivity contribution >= 4 is 22.2 Å². The summed E-state index contributed by atoms with van der Waals surface area (Å²) < 4.78 is 6.40. The van der Waals surface area contributed by atoms with Crippen LogP contribution in [0.4, 0.5) is 10.8 Å². The maximum Gasteiger partial charge on any atom is 0.269 e. The molecule has 0 amide bonds. The molecule has 2 heterocycles. The highest BCUT2D eigenvalue weighted by atomic mass is 32.1. The Bertz CT molecular complexity index is 624. The van der Waals surface area contributed by atoms with Gasteiger partial charge < -0.3 is 15.4 Å². The molecule has 20 heavy (non-hydrogen) atoms. The topological polar surface area (TPSA) is 86.3 Å².